The molecule has 3 heteroatoms. The van der Waals surface area contributed by atoms with Gasteiger partial charge in [0.05, 0.1) is 0 Å². The summed E-state index contributed by atoms with van der Waals surface area (Å²) in [6.45, 7) is 11.7. The van der Waals surface area contributed by atoms with E-state index in [0.29, 0.717) is 17.3 Å². The van der Waals surface area contributed by atoms with Crippen LogP contribution in [0.15, 0.2) is 35.6 Å². The van der Waals surface area contributed by atoms with E-state index >= 15 is 0 Å². The van der Waals surface area contributed by atoms with Gasteiger partial charge in [0.2, 0.25) is 0 Å². The van der Waals surface area contributed by atoms with Gasteiger partial charge in [0, 0.05) is 12.5 Å². The van der Waals surface area contributed by atoms with Crippen LogP contribution >= 0.6 is 0 Å². The lowest BCUT2D eigenvalue weighted by Gasteiger charge is -2.40. The van der Waals surface area contributed by atoms with Crippen molar-refractivity contribution < 1.29 is 14.3 Å². The molecule has 0 amide bonds. The molecule has 0 aromatic carbocycles. The molecule has 0 aliphatic heterocycles. The fraction of sp³-hybridized carbons (Fsp3) is 0.556. The van der Waals surface area contributed by atoms with Crippen molar-refractivity contribution in [1.29, 1.82) is 0 Å². The average molecular weight is 290 g/mol. The van der Waals surface area contributed by atoms with Gasteiger partial charge in [-0.2, -0.15) is 0 Å². The molecule has 0 radical (unpaired) electrons. The summed E-state index contributed by atoms with van der Waals surface area (Å²) < 4.78 is 4.94. The van der Waals surface area contributed by atoms with Crippen LogP contribution in [0.4, 0.5) is 0 Å². The number of esters is 1. The van der Waals surface area contributed by atoms with Gasteiger partial charge in [0.15, 0.2) is 0 Å². The first-order valence-electron chi connectivity index (χ1n) is 7.46. The molecule has 1 atom stereocenters. The number of aldehydes is 1. The molecule has 0 bridgehead atoms. The van der Waals surface area contributed by atoms with E-state index in [1.807, 2.05) is 6.08 Å². The van der Waals surface area contributed by atoms with E-state index in [-0.39, 0.29) is 11.4 Å². The zero-order valence-electron chi connectivity index (χ0n) is 13.6. The highest BCUT2D eigenvalue weighted by molar-refractivity contribution is 5.78. The molecule has 0 N–H and O–H groups in total. The van der Waals surface area contributed by atoms with Crippen molar-refractivity contribution in [1.82, 2.24) is 0 Å². The average Bonchev–Trinajstić information content (AvgIpc) is 2.34. The van der Waals surface area contributed by atoms with Gasteiger partial charge in [-0.1, -0.05) is 32.1 Å². The lowest BCUT2D eigenvalue weighted by Crippen LogP contribution is -2.29. The van der Waals surface area contributed by atoms with Crippen LogP contribution in [0, 0.1) is 11.3 Å². The second kappa shape index (κ2) is 7.39. The van der Waals surface area contributed by atoms with E-state index in [0.717, 1.165) is 19.1 Å². The highest BCUT2D eigenvalue weighted by atomic mass is 16.5. The zero-order chi connectivity index (χ0) is 16.0. The van der Waals surface area contributed by atoms with Crippen LogP contribution in [0.5, 0.6) is 0 Å². The largest absolute Gasteiger partial charge is 0.432 e. The summed E-state index contributed by atoms with van der Waals surface area (Å²) in [6.07, 6.45) is 8.56. The third kappa shape index (κ3) is 5.33. The predicted octanol–water partition coefficient (Wildman–Crippen LogP) is 4.35. The minimum absolute atomic E-state index is 0.217. The Morgan fingerprint density at radius 3 is 2.62 bits per heavy atom. The maximum absolute atomic E-state index is 11.2. The van der Waals surface area contributed by atoms with E-state index in [1.165, 1.54) is 25.3 Å². The third-order valence-electron chi connectivity index (χ3n) is 4.16. The predicted molar refractivity (Wildman–Crippen MR) is 84.5 cm³/mol. The highest BCUT2D eigenvalue weighted by Crippen LogP contribution is 2.45. The number of allylic oxidation sites excluding steroid dienone is 5. The van der Waals surface area contributed by atoms with E-state index < -0.39 is 0 Å². The van der Waals surface area contributed by atoms with Gasteiger partial charge in [-0.3, -0.25) is 9.59 Å². The Morgan fingerprint density at radius 1 is 1.43 bits per heavy atom. The molecule has 1 fully saturated rings. The summed E-state index contributed by atoms with van der Waals surface area (Å²) in [5, 5.41) is 0. The Labute approximate surface area is 127 Å². The maximum Gasteiger partial charge on any atom is 0.307 e. The Hall–Kier alpha value is -1.64. The van der Waals surface area contributed by atoms with E-state index in [4.69, 9.17) is 4.74 Å². The molecule has 1 aliphatic carbocycles. The highest BCUT2D eigenvalue weighted by Gasteiger charge is 2.33. The Kier molecular flexibility index (Phi) is 6.13. The molecule has 0 heterocycles. The molecular formula is C18H26O3. The van der Waals surface area contributed by atoms with Gasteiger partial charge < -0.3 is 4.74 Å². The summed E-state index contributed by atoms with van der Waals surface area (Å²) >= 11 is 0. The topological polar surface area (TPSA) is 43.4 Å². The molecule has 1 saturated carbocycles. The molecule has 0 saturated heterocycles. The van der Waals surface area contributed by atoms with Gasteiger partial charge >= 0.3 is 5.97 Å². The number of carbonyl (C=O) groups excluding carboxylic acids is 2. The van der Waals surface area contributed by atoms with Gasteiger partial charge in [-0.25, -0.2) is 0 Å². The SMILES string of the molecule is C=C1CCCC(C)(C)C1CC=C(C=O)C=C(C)OC(C)=O. The third-order valence-corrected chi connectivity index (χ3v) is 4.16. The Morgan fingerprint density at radius 2 is 2.10 bits per heavy atom. The van der Waals surface area contributed by atoms with E-state index in [1.54, 1.807) is 13.0 Å². The van der Waals surface area contributed by atoms with Crippen LogP contribution in [0.2, 0.25) is 0 Å². The van der Waals surface area contributed by atoms with Crippen LogP contribution in [0.1, 0.15) is 53.4 Å². The molecule has 0 spiro atoms. The Bertz CT molecular complexity index is 481. The molecule has 116 valence electrons. The van der Waals surface area contributed by atoms with Gasteiger partial charge in [0.25, 0.3) is 0 Å². The lowest BCUT2D eigenvalue weighted by atomic mass is 9.65. The number of carbonyl (C=O) groups is 2. The van der Waals surface area contributed by atoms with Crippen molar-refractivity contribution in [3.05, 3.63) is 35.6 Å². The standard InChI is InChI=1S/C18H26O3/c1-13-7-6-10-18(4,5)17(13)9-8-16(12-19)11-14(2)21-15(3)20/h8,11-12,17H,1,6-7,9-10H2,2-5H3. The lowest BCUT2D eigenvalue weighted by molar-refractivity contribution is -0.136. The van der Waals surface area contributed by atoms with Crippen LogP contribution in [0.3, 0.4) is 0 Å². The van der Waals surface area contributed by atoms with E-state index in [9.17, 15) is 9.59 Å². The number of ether oxygens (including phenoxy) is 1. The quantitative estimate of drug-likeness (QED) is 0.189. The van der Waals surface area contributed by atoms with Crippen molar-refractivity contribution in [3.8, 4) is 0 Å². The molecule has 21 heavy (non-hydrogen) atoms. The first-order chi connectivity index (χ1) is 9.76. The minimum atomic E-state index is -0.379. The summed E-state index contributed by atoms with van der Waals surface area (Å²) in [4.78, 5) is 22.0. The zero-order valence-corrected chi connectivity index (χ0v) is 13.6. The van der Waals surface area contributed by atoms with Crippen molar-refractivity contribution >= 4 is 12.3 Å². The fourth-order valence-corrected chi connectivity index (χ4v) is 3.04. The molecule has 0 aromatic rings. The molecule has 1 aliphatic rings. The van der Waals surface area contributed by atoms with Gasteiger partial charge in [-0.15, -0.1) is 0 Å². The van der Waals surface area contributed by atoms with Crippen molar-refractivity contribution in [2.45, 2.75) is 53.4 Å². The number of hydrogen-bond acceptors (Lipinski definition) is 3. The first-order valence-corrected chi connectivity index (χ1v) is 7.46. The number of rotatable bonds is 5. The molecular weight excluding hydrogens is 264 g/mol. The normalized spacial score (nSPS) is 22.9. The van der Waals surface area contributed by atoms with Crippen LogP contribution < -0.4 is 0 Å². The summed E-state index contributed by atoms with van der Waals surface area (Å²) in [5.41, 5.74) is 2.03. The fourth-order valence-electron chi connectivity index (χ4n) is 3.04. The summed E-state index contributed by atoms with van der Waals surface area (Å²) in [7, 11) is 0. The molecule has 3 nitrogen and oxygen atoms in total. The minimum Gasteiger partial charge on any atom is -0.432 e. The van der Waals surface area contributed by atoms with Crippen molar-refractivity contribution in [2.75, 3.05) is 0 Å². The van der Waals surface area contributed by atoms with Crippen molar-refractivity contribution in [3.63, 3.8) is 0 Å². The summed E-state index contributed by atoms with van der Waals surface area (Å²) in [6, 6.07) is 0. The van der Waals surface area contributed by atoms with Crippen LogP contribution in [-0.2, 0) is 14.3 Å². The van der Waals surface area contributed by atoms with Crippen LogP contribution in [0.25, 0.3) is 0 Å². The molecule has 1 rings (SSSR count). The van der Waals surface area contributed by atoms with E-state index in [2.05, 4.69) is 20.4 Å². The second-order valence-corrected chi connectivity index (χ2v) is 6.46. The van der Waals surface area contributed by atoms with Crippen molar-refractivity contribution in [2.24, 2.45) is 11.3 Å². The molecule has 0 aromatic heterocycles. The summed E-state index contributed by atoms with van der Waals surface area (Å²) in [5.74, 6) is 0.446. The Balaban J connectivity index is 2.82. The first kappa shape index (κ1) is 17.4. The smallest absolute Gasteiger partial charge is 0.307 e. The number of hydrogen-bond donors (Lipinski definition) is 0. The van der Waals surface area contributed by atoms with Crippen LogP contribution in [-0.4, -0.2) is 12.3 Å². The maximum atomic E-state index is 11.2. The van der Waals surface area contributed by atoms with Gasteiger partial charge in [0.1, 0.15) is 12.0 Å². The van der Waals surface area contributed by atoms with Gasteiger partial charge in [-0.05, 0) is 50.0 Å². The monoisotopic (exact) mass is 290 g/mol. The second-order valence-electron chi connectivity index (χ2n) is 6.46. The molecule has 1 unspecified atom stereocenters.